The molecule has 38 heavy (non-hydrogen) atoms. The van der Waals surface area contributed by atoms with E-state index in [-0.39, 0.29) is 23.9 Å². The number of hydrogen-bond donors (Lipinski definition) is 0. The Balaban J connectivity index is 1.66. The molecule has 0 aliphatic heterocycles. The first-order valence-electron chi connectivity index (χ1n) is 11.5. The number of thioether (sulfide) groups is 1. The standard InChI is InChI=1S/C26H23BrClFN4O4S/c1-3-36-23-13-18(12-22(27)25(23)37-15-17-4-6-19(28)7-5-17)24(14-32(34)35)38-26-31-30-16(2)33(26)21-10-8-20(29)9-11-21/h4-13,24H,3,14-15H2,1-2H3/t24-/m1/s1. The molecular weight excluding hydrogens is 599 g/mol. The smallest absolute Gasteiger partial charge is 0.220 e. The Morgan fingerprint density at radius 2 is 1.84 bits per heavy atom. The number of nitro groups is 1. The van der Waals surface area contributed by atoms with E-state index in [0.717, 1.165) is 5.56 Å². The van der Waals surface area contributed by atoms with Crippen molar-refractivity contribution in [1.29, 1.82) is 0 Å². The first kappa shape index (κ1) is 27.9. The van der Waals surface area contributed by atoms with Crippen LogP contribution in [-0.4, -0.2) is 32.8 Å². The monoisotopic (exact) mass is 620 g/mol. The van der Waals surface area contributed by atoms with Crippen LogP contribution >= 0.6 is 39.3 Å². The third-order valence-corrected chi connectivity index (χ3v) is 7.46. The number of rotatable bonds is 11. The highest BCUT2D eigenvalue weighted by molar-refractivity contribution is 9.10. The number of halogens is 3. The molecule has 8 nitrogen and oxygen atoms in total. The predicted molar refractivity (Wildman–Crippen MR) is 148 cm³/mol. The van der Waals surface area contributed by atoms with Crippen molar-refractivity contribution in [2.45, 2.75) is 30.9 Å². The zero-order valence-corrected chi connectivity index (χ0v) is 23.6. The average molecular weight is 622 g/mol. The number of benzene rings is 3. The van der Waals surface area contributed by atoms with Crippen molar-refractivity contribution in [3.63, 3.8) is 0 Å². The summed E-state index contributed by atoms with van der Waals surface area (Å²) >= 11 is 10.7. The molecule has 0 saturated carbocycles. The Morgan fingerprint density at radius 1 is 1.13 bits per heavy atom. The molecule has 0 fully saturated rings. The molecular formula is C26H23BrClFN4O4S. The lowest BCUT2D eigenvalue weighted by atomic mass is 10.1. The van der Waals surface area contributed by atoms with Gasteiger partial charge in [0.2, 0.25) is 6.54 Å². The van der Waals surface area contributed by atoms with Gasteiger partial charge in [-0.3, -0.25) is 14.7 Å². The highest BCUT2D eigenvalue weighted by Gasteiger charge is 2.26. The average Bonchev–Trinajstić information content (AvgIpc) is 3.24. The van der Waals surface area contributed by atoms with Crippen LogP contribution in [0.3, 0.4) is 0 Å². The number of aryl methyl sites for hydroxylation is 1. The van der Waals surface area contributed by atoms with Crippen molar-refractivity contribution in [3.05, 3.63) is 103 Å². The minimum Gasteiger partial charge on any atom is -0.490 e. The van der Waals surface area contributed by atoms with Crippen LogP contribution in [0.1, 0.15) is 29.1 Å². The van der Waals surface area contributed by atoms with Crippen LogP contribution < -0.4 is 9.47 Å². The van der Waals surface area contributed by atoms with E-state index in [2.05, 4.69) is 26.1 Å². The van der Waals surface area contributed by atoms with Gasteiger partial charge in [-0.15, -0.1) is 10.2 Å². The zero-order valence-electron chi connectivity index (χ0n) is 20.4. The van der Waals surface area contributed by atoms with Gasteiger partial charge >= 0.3 is 0 Å². The second-order valence-corrected chi connectivity index (χ2v) is 10.6. The zero-order chi connectivity index (χ0) is 27.2. The molecule has 0 aliphatic rings. The Bertz CT molecular complexity index is 1420. The third kappa shape index (κ3) is 6.83. The molecule has 1 aromatic heterocycles. The highest BCUT2D eigenvalue weighted by Crippen LogP contribution is 2.43. The maximum Gasteiger partial charge on any atom is 0.220 e. The Kier molecular flexibility index (Phi) is 9.24. The molecule has 0 bridgehead atoms. The van der Waals surface area contributed by atoms with Gasteiger partial charge in [-0.05, 0) is 89.4 Å². The molecule has 1 atom stereocenters. The lowest BCUT2D eigenvalue weighted by Crippen LogP contribution is -2.12. The van der Waals surface area contributed by atoms with Crippen molar-refractivity contribution in [3.8, 4) is 17.2 Å². The Hall–Kier alpha value is -3.15. The Morgan fingerprint density at radius 3 is 2.50 bits per heavy atom. The van der Waals surface area contributed by atoms with E-state index < -0.39 is 5.25 Å². The van der Waals surface area contributed by atoms with Crippen molar-refractivity contribution in [1.82, 2.24) is 14.8 Å². The van der Waals surface area contributed by atoms with Gasteiger partial charge in [-0.25, -0.2) is 4.39 Å². The summed E-state index contributed by atoms with van der Waals surface area (Å²) < 4.78 is 27.7. The molecule has 4 aromatic rings. The van der Waals surface area contributed by atoms with E-state index in [9.17, 15) is 14.5 Å². The van der Waals surface area contributed by atoms with Gasteiger partial charge in [-0.2, -0.15) is 0 Å². The minimum absolute atomic E-state index is 0.280. The maximum atomic E-state index is 13.5. The van der Waals surface area contributed by atoms with Gasteiger partial charge in [0.05, 0.1) is 11.1 Å². The van der Waals surface area contributed by atoms with Gasteiger partial charge < -0.3 is 9.47 Å². The molecule has 0 radical (unpaired) electrons. The summed E-state index contributed by atoms with van der Waals surface area (Å²) in [5.74, 6) is 1.14. The molecule has 0 amide bonds. The van der Waals surface area contributed by atoms with Gasteiger partial charge in [-0.1, -0.05) is 35.5 Å². The fraction of sp³-hybridized carbons (Fsp3) is 0.231. The number of aromatic nitrogens is 3. The fourth-order valence-electron chi connectivity index (χ4n) is 3.69. The Labute approximate surface area is 236 Å². The number of ether oxygens (including phenoxy) is 2. The van der Waals surface area contributed by atoms with Crippen molar-refractivity contribution in [2.75, 3.05) is 13.2 Å². The highest BCUT2D eigenvalue weighted by atomic mass is 79.9. The van der Waals surface area contributed by atoms with Crippen LogP contribution in [0.25, 0.3) is 5.69 Å². The molecule has 0 unspecified atom stereocenters. The molecule has 0 saturated heterocycles. The van der Waals surface area contributed by atoms with E-state index in [1.807, 2.05) is 19.1 Å². The van der Waals surface area contributed by atoms with Crippen LogP contribution in [0, 0.1) is 22.9 Å². The van der Waals surface area contributed by atoms with E-state index in [1.54, 1.807) is 47.9 Å². The van der Waals surface area contributed by atoms with Gasteiger partial charge in [0.15, 0.2) is 16.7 Å². The summed E-state index contributed by atoms with van der Waals surface area (Å²) in [5, 5.41) is 20.5. The molecule has 1 heterocycles. The molecule has 0 spiro atoms. The van der Waals surface area contributed by atoms with Gasteiger partial charge in [0, 0.05) is 15.6 Å². The van der Waals surface area contributed by atoms with Crippen LogP contribution in [0.2, 0.25) is 5.02 Å². The molecule has 0 aliphatic carbocycles. The molecule has 3 aromatic carbocycles. The van der Waals surface area contributed by atoms with Gasteiger partial charge in [0.1, 0.15) is 23.5 Å². The second-order valence-electron chi connectivity index (χ2n) is 8.14. The minimum atomic E-state index is -0.631. The summed E-state index contributed by atoms with van der Waals surface area (Å²) in [5.41, 5.74) is 2.22. The summed E-state index contributed by atoms with van der Waals surface area (Å²) in [6.07, 6.45) is 0. The van der Waals surface area contributed by atoms with Crippen molar-refractivity contribution in [2.24, 2.45) is 0 Å². The van der Waals surface area contributed by atoms with Crippen LogP contribution in [0.15, 0.2) is 70.3 Å². The largest absolute Gasteiger partial charge is 0.490 e. The summed E-state index contributed by atoms with van der Waals surface area (Å²) in [6, 6.07) is 16.7. The summed E-state index contributed by atoms with van der Waals surface area (Å²) in [6.45, 7) is 3.89. The SMILES string of the molecule is CCOc1cc([C@@H](C[N+](=O)[O-])Sc2nnc(C)n2-c2ccc(F)cc2)cc(Br)c1OCc1ccc(Cl)cc1. The van der Waals surface area contributed by atoms with Crippen LogP contribution in [-0.2, 0) is 6.61 Å². The van der Waals surface area contributed by atoms with E-state index >= 15 is 0 Å². The third-order valence-electron chi connectivity index (χ3n) is 5.44. The van der Waals surface area contributed by atoms with E-state index in [0.29, 0.717) is 49.8 Å². The van der Waals surface area contributed by atoms with E-state index in [4.69, 9.17) is 21.1 Å². The van der Waals surface area contributed by atoms with Gasteiger partial charge in [0.25, 0.3) is 0 Å². The molecule has 4 rings (SSSR count). The lowest BCUT2D eigenvalue weighted by Gasteiger charge is -2.19. The first-order valence-corrected chi connectivity index (χ1v) is 13.6. The van der Waals surface area contributed by atoms with Crippen LogP contribution in [0.5, 0.6) is 11.5 Å². The predicted octanol–water partition coefficient (Wildman–Crippen LogP) is 7.22. The fourth-order valence-corrected chi connectivity index (χ4v) is 5.55. The quantitative estimate of drug-likeness (QED) is 0.0992. The number of hydrogen-bond acceptors (Lipinski definition) is 7. The normalized spacial score (nSPS) is 11.8. The molecule has 198 valence electrons. The summed E-state index contributed by atoms with van der Waals surface area (Å²) in [4.78, 5) is 11.3. The first-order chi connectivity index (χ1) is 18.2. The summed E-state index contributed by atoms with van der Waals surface area (Å²) in [7, 11) is 0. The second kappa shape index (κ2) is 12.6. The molecule has 12 heteroatoms. The molecule has 0 N–H and O–H groups in total. The van der Waals surface area contributed by atoms with Crippen molar-refractivity contribution >= 4 is 39.3 Å². The topological polar surface area (TPSA) is 92.3 Å². The van der Waals surface area contributed by atoms with E-state index in [1.165, 1.54) is 23.9 Å². The lowest BCUT2D eigenvalue weighted by molar-refractivity contribution is -0.479. The van der Waals surface area contributed by atoms with Crippen LogP contribution in [0.4, 0.5) is 4.39 Å². The number of nitrogens with zero attached hydrogens (tertiary/aromatic N) is 4. The van der Waals surface area contributed by atoms with Crippen molar-refractivity contribution < 1.29 is 18.8 Å². The maximum absolute atomic E-state index is 13.5.